The van der Waals surface area contributed by atoms with Crippen LogP contribution in [0.3, 0.4) is 0 Å². The molecule has 4 nitrogen and oxygen atoms in total. The fourth-order valence-electron chi connectivity index (χ4n) is 1.84. The molecule has 0 spiro atoms. The molecule has 0 amide bonds. The molecular formula is C15H14N4S3. The molecule has 3 aromatic rings. The van der Waals surface area contributed by atoms with Gasteiger partial charge in [-0.3, -0.25) is 9.97 Å². The van der Waals surface area contributed by atoms with E-state index in [9.17, 15) is 0 Å². The van der Waals surface area contributed by atoms with E-state index in [4.69, 9.17) is 12.2 Å². The van der Waals surface area contributed by atoms with Crippen molar-refractivity contribution in [3.63, 3.8) is 0 Å². The molecule has 0 atom stereocenters. The lowest BCUT2D eigenvalue weighted by atomic mass is 10.3. The number of thioether (sulfide) groups is 1. The van der Waals surface area contributed by atoms with Gasteiger partial charge in [-0.15, -0.1) is 5.10 Å². The second-order valence-electron chi connectivity index (χ2n) is 4.63. The Morgan fingerprint density at radius 1 is 1.18 bits per heavy atom. The molecule has 0 aliphatic heterocycles. The molecule has 7 heteroatoms. The number of hydrogen-bond acceptors (Lipinski definition) is 6. The zero-order valence-electron chi connectivity index (χ0n) is 12.0. The largest absolute Gasteiger partial charge is 0.258 e. The molecule has 0 fully saturated rings. The third-order valence-electron chi connectivity index (χ3n) is 2.95. The van der Waals surface area contributed by atoms with E-state index in [1.807, 2.05) is 48.1 Å². The van der Waals surface area contributed by atoms with Crippen LogP contribution in [0.5, 0.6) is 0 Å². The van der Waals surface area contributed by atoms with Crippen LogP contribution in [0.25, 0.3) is 5.69 Å². The number of hydrogen-bond donors (Lipinski definition) is 0. The number of nitrogens with zero attached hydrogens (tertiary/aromatic N) is 4. The van der Waals surface area contributed by atoms with Crippen molar-refractivity contribution in [1.29, 1.82) is 0 Å². The molecule has 0 N–H and O–H groups in total. The normalized spacial score (nSPS) is 10.8. The van der Waals surface area contributed by atoms with Crippen LogP contribution in [0.1, 0.15) is 11.4 Å². The second-order valence-corrected chi connectivity index (χ2v) is 7.59. The highest BCUT2D eigenvalue weighted by Crippen LogP contribution is 2.24. The summed E-state index contributed by atoms with van der Waals surface area (Å²) in [6, 6.07) is 9.97. The molecule has 2 aromatic heterocycles. The predicted molar refractivity (Wildman–Crippen MR) is 93.5 cm³/mol. The highest BCUT2D eigenvalue weighted by atomic mass is 32.2. The van der Waals surface area contributed by atoms with Gasteiger partial charge in [-0.2, -0.15) is 0 Å². The fraction of sp³-hybridized carbons (Fsp3) is 0.200. The van der Waals surface area contributed by atoms with E-state index in [0.717, 1.165) is 37.5 Å². The van der Waals surface area contributed by atoms with Crippen LogP contribution in [0.4, 0.5) is 0 Å². The molecule has 0 unspecified atom stereocenters. The van der Waals surface area contributed by atoms with Crippen LogP contribution in [-0.4, -0.2) is 25.5 Å². The monoisotopic (exact) mass is 346 g/mol. The second kappa shape index (κ2) is 7.13. The minimum Gasteiger partial charge on any atom is -0.258 e. The van der Waals surface area contributed by atoms with Crippen molar-refractivity contribution in [2.75, 3.05) is 5.75 Å². The average molecular weight is 347 g/mol. The summed E-state index contributed by atoms with van der Waals surface area (Å²) in [5.74, 6) is 0.912. The summed E-state index contributed by atoms with van der Waals surface area (Å²) in [4.78, 5) is 8.62. The van der Waals surface area contributed by atoms with Crippen molar-refractivity contribution in [1.82, 2.24) is 19.7 Å². The van der Waals surface area contributed by atoms with Gasteiger partial charge in [0.15, 0.2) is 8.29 Å². The van der Waals surface area contributed by atoms with Crippen LogP contribution < -0.4 is 0 Å². The zero-order chi connectivity index (χ0) is 15.4. The van der Waals surface area contributed by atoms with Crippen molar-refractivity contribution in [3.05, 3.63) is 58.1 Å². The van der Waals surface area contributed by atoms with Crippen LogP contribution in [0.15, 0.2) is 47.1 Å². The summed E-state index contributed by atoms with van der Waals surface area (Å²) >= 11 is 8.64. The Bertz CT molecular complexity index is 794. The summed E-state index contributed by atoms with van der Waals surface area (Å²) < 4.78 is 3.56. The maximum atomic E-state index is 5.40. The Kier molecular flexibility index (Phi) is 4.97. The molecule has 0 saturated heterocycles. The van der Waals surface area contributed by atoms with Crippen LogP contribution in [0, 0.1) is 10.9 Å². The van der Waals surface area contributed by atoms with Crippen molar-refractivity contribution >= 4 is 35.3 Å². The summed E-state index contributed by atoms with van der Waals surface area (Å²) in [5, 5.41) is 4.58. The maximum Gasteiger partial charge on any atom is 0.184 e. The van der Waals surface area contributed by atoms with E-state index in [-0.39, 0.29) is 0 Å². The molecule has 3 rings (SSSR count). The lowest BCUT2D eigenvalue weighted by Gasteiger charge is -2.00. The van der Waals surface area contributed by atoms with Gasteiger partial charge < -0.3 is 0 Å². The minimum atomic E-state index is 0.767. The Morgan fingerprint density at radius 3 is 2.73 bits per heavy atom. The van der Waals surface area contributed by atoms with E-state index >= 15 is 0 Å². The van der Waals surface area contributed by atoms with Gasteiger partial charge in [-0.05, 0) is 31.3 Å². The van der Waals surface area contributed by atoms with Gasteiger partial charge in [-0.25, -0.2) is 4.68 Å². The van der Waals surface area contributed by atoms with E-state index < -0.39 is 0 Å². The lowest BCUT2D eigenvalue weighted by molar-refractivity contribution is 0.829. The summed E-state index contributed by atoms with van der Waals surface area (Å²) in [5.41, 5.74) is 2.94. The first-order valence-electron chi connectivity index (χ1n) is 6.78. The SMILES string of the molecule is Cc1cnc(CCSc2nn(-c3ccccc3)c(=S)s2)cn1. The topological polar surface area (TPSA) is 43.6 Å². The highest BCUT2D eigenvalue weighted by Gasteiger charge is 2.06. The van der Waals surface area contributed by atoms with Crippen molar-refractivity contribution in [2.24, 2.45) is 0 Å². The van der Waals surface area contributed by atoms with E-state index in [1.165, 1.54) is 0 Å². The molecule has 0 saturated carbocycles. The van der Waals surface area contributed by atoms with Gasteiger partial charge in [0.05, 0.1) is 17.1 Å². The van der Waals surface area contributed by atoms with Crippen molar-refractivity contribution < 1.29 is 0 Å². The molecule has 0 aliphatic rings. The lowest BCUT2D eigenvalue weighted by Crippen LogP contribution is -1.97. The predicted octanol–water partition coefficient (Wildman–Crippen LogP) is 4.10. The van der Waals surface area contributed by atoms with Gasteiger partial charge >= 0.3 is 0 Å². The highest BCUT2D eigenvalue weighted by molar-refractivity contribution is 8.01. The summed E-state index contributed by atoms with van der Waals surface area (Å²) in [6.07, 6.45) is 4.50. The number of aryl methyl sites for hydroxylation is 2. The van der Waals surface area contributed by atoms with Crippen LogP contribution in [-0.2, 0) is 6.42 Å². The third-order valence-corrected chi connectivity index (χ3v) is 5.32. The molecule has 1 aromatic carbocycles. The fourth-order valence-corrected chi connectivity index (χ4v) is 4.24. The first kappa shape index (κ1) is 15.3. The first-order valence-corrected chi connectivity index (χ1v) is 8.99. The number of rotatable bonds is 5. The van der Waals surface area contributed by atoms with E-state index in [2.05, 4.69) is 15.1 Å². The van der Waals surface area contributed by atoms with Crippen molar-refractivity contribution in [2.45, 2.75) is 17.7 Å². The third kappa shape index (κ3) is 3.79. The molecule has 22 heavy (non-hydrogen) atoms. The Balaban J connectivity index is 1.64. The van der Waals surface area contributed by atoms with Crippen LogP contribution in [0.2, 0.25) is 0 Å². The quantitative estimate of drug-likeness (QED) is 0.514. The Labute approximate surface area is 142 Å². The Hall–Kier alpha value is -1.57. The van der Waals surface area contributed by atoms with E-state index in [0.29, 0.717) is 0 Å². The number of aromatic nitrogens is 4. The summed E-state index contributed by atoms with van der Waals surface area (Å²) in [6.45, 7) is 1.94. The van der Waals surface area contributed by atoms with Gasteiger partial charge in [-0.1, -0.05) is 41.3 Å². The Morgan fingerprint density at radius 2 is 2.00 bits per heavy atom. The maximum absolute atomic E-state index is 5.40. The zero-order valence-corrected chi connectivity index (χ0v) is 14.4. The standard InChI is InChI=1S/C15H14N4S3/c1-11-9-17-12(10-16-11)7-8-21-14-18-19(15(20)22-14)13-5-3-2-4-6-13/h2-6,9-10H,7-8H2,1H3. The molecular weight excluding hydrogens is 332 g/mol. The molecule has 0 radical (unpaired) electrons. The van der Waals surface area contributed by atoms with E-state index in [1.54, 1.807) is 29.3 Å². The molecule has 0 aliphatic carbocycles. The van der Waals surface area contributed by atoms with Crippen LogP contribution >= 0.6 is 35.3 Å². The van der Waals surface area contributed by atoms with Gasteiger partial charge in [0, 0.05) is 24.6 Å². The molecule has 0 bridgehead atoms. The van der Waals surface area contributed by atoms with Crippen molar-refractivity contribution in [3.8, 4) is 5.69 Å². The number of benzene rings is 1. The van der Waals surface area contributed by atoms with Gasteiger partial charge in [0.1, 0.15) is 0 Å². The van der Waals surface area contributed by atoms with Gasteiger partial charge in [0.25, 0.3) is 0 Å². The molecule has 112 valence electrons. The van der Waals surface area contributed by atoms with Gasteiger partial charge in [0.2, 0.25) is 0 Å². The first-order chi connectivity index (χ1) is 10.7. The molecule has 2 heterocycles. The average Bonchev–Trinajstić information content (AvgIpc) is 2.91. The summed E-state index contributed by atoms with van der Waals surface area (Å²) in [7, 11) is 0. The smallest absolute Gasteiger partial charge is 0.184 e. The minimum absolute atomic E-state index is 0.767. The number of para-hydroxylation sites is 1.